The highest BCUT2D eigenvalue weighted by molar-refractivity contribution is 6.02. The maximum absolute atomic E-state index is 12.7. The summed E-state index contributed by atoms with van der Waals surface area (Å²) in [5, 5.41) is 7.13. The van der Waals surface area contributed by atoms with E-state index in [1.165, 1.54) is 0 Å². The molecule has 0 spiro atoms. The summed E-state index contributed by atoms with van der Waals surface area (Å²) in [5.41, 5.74) is 1.92. The average molecular weight is 353 g/mol. The Morgan fingerprint density at radius 1 is 1.31 bits per heavy atom. The average Bonchev–Trinajstić information content (AvgIpc) is 3.32. The van der Waals surface area contributed by atoms with Crippen LogP contribution in [-0.2, 0) is 11.8 Å². The van der Waals surface area contributed by atoms with Crippen molar-refractivity contribution in [1.82, 2.24) is 19.5 Å². The summed E-state index contributed by atoms with van der Waals surface area (Å²) in [4.78, 5) is 26.8. The SMILES string of the molecule is COc1ccccc1N1C[C@@H](NC(=O)c2cnn3ccn(C)c23)CC1=O. The first-order valence-electron chi connectivity index (χ1n) is 8.31. The molecular formula is C18H19N5O3. The maximum Gasteiger partial charge on any atom is 0.256 e. The number of aromatic nitrogens is 3. The Kier molecular flexibility index (Phi) is 3.87. The van der Waals surface area contributed by atoms with E-state index in [-0.39, 0.29) is 24.3 Å². The van der Waals surface area contributed by atoms with Crippen molar-refractivity contribution >= 4 is 23.1 Å². The molecule has 3 aromatic rings. The molecule has 2 amide bonds. The van der Waals surface area contributed by atoms with Gasteiger partial charge in [0, 0.05) is 32.4 Å². The molecule has 0 unspecified atom stereocenters. The summed E-state index contributed by atoms with van der Waals surface area (Å²) in [7, 11) is 3.43. The summed E-state index contributed by atoms with van der Waals surface area (Å²) >= 11 is 0. The molecule has 0 aliphatic carbocycles. The molecule has 1 aliphatic heterocycles. The Morgan fingerprint density at radius 2 is 2.12 bits per heavy atom. The van der Waals surface area contributed by atoms with Gasteiger partial charge in [-0.2, -0.15) is 5.10 Å². The van der Waals surface area contributed by atoms with Crippen LogP contribution in [0.15, 0.2) is 42.9 Å². The van der Waals surface area contributed by atoms with Gasteiger partial charge in [0.15, 0.2) is 0 Å². The predicted molar refractivity (Wildman–Crippen MR) is 95.4 cm³/mol. The minimum absolute atomic E-state index is 0.0428. The van der Waals surface area contributed by atoms with E-state index in [0.29, 0.717) is 29.2 Å². The highest BCUT2D eigenvalue weighted by Gasteiger charge is 2.33. The van der Waals surface area contributed by atoms with Crippen LogP contribution >= 0.6 is 0 Å². The number of amides is 2. The van der Waals surface area contributed by atoms with Crippen LogP contribution in [0.1, 0.15) is 16.8 Å². The highest BCUT2D eigenvalue weighted by Crippen LogP contribution is 2.31. The smallest absolute Gasteiger partial charge is 0.256 e. The molecule has 1 N–H and O–H groups in total. The number of anilines is 1. The molecule has 8 heteroatoms. The van der Waals surface area contributed by atoms with Crippen molar-refractivity contribution in [3.05, 3.63) is 48.4 Å². The van der Waals surface area contributed by atoms with E-state index in [4.69, 9.17) is 4.74 Å². The predicted octanol–water partition coefficient (Wildman–Crippen LogP) is 1.22. The second-order valence-electron chi connectivity index (χ2n) is 6.29. The third kappa shape index (κ3) is 2.59. The number of nitrogens with one attached hydrogen (secondary N) is 1. The third-order valence-electron chi connectivity index (χ3n) is 4.62. The number of methoxy groups -OCH3 is 1. The van der Waals surface area contributed by atoms with Gasteiger partial charge < -0.3 is 19.5 Å². The van der Waals surface area contributed by atoms with Gasteiger partial charge in [0.1, 0.15) is 17.0 Å². The molecule has 0 saturated carbocycles. The second-order valence-corrected chi connectivity index (χ2v) is 6.29. The molecular weight excluding hydrogens is 334 g/mol. The number of para-hydroxylation sites is 2. The van der Waals surface area contributed by atoms with Crippen LogP contribution in [0.4, 0.5) is 5.69 Å². The maximum atomic E-state index is 12.7. The number of ether oxygens (including phenoxy) is 1. The summed E-state index contributed by atoms with van der Waals surface area (Å²) in [5.74, 6) is 0.357. The zero-order chi connectivity index (χ0) is 18.3. The first-order valence-corrected chi connectivity index (χ1v) is 8.31. The van der Waals surface area contributed by atoms with Crippen molar-refractivity contribution in [3.8, 4) is 5.75 Å². The highest BCUT2D eigenvalue weighted by atomic mass is 16.5. The Bertz CT molecular complexity index is 990. The summed E-state index contributed by atoms with van der Waals surface area (Å²) < 4.78 is 8.82. The Hall–Kier alpha value is -3.29. The molecule has 8 nitrogen and oxygen atoms in total. The van der Waals surface area contributed by atoms with Crippen molar-refractivity contribution in [2.24, 2.45) is 7.05 Å². The van der Waals surface area contributed by atoms with Gasteiger partial charge in [0.05, 0.1) is 25.0 Å². The van der Waals surface area contributed by atoms with Crippen molar-refractivity contribution in [3.63, 3.8) is 0 Å². The number of fused-ring (bicyclic) bond motifs is 1. The summed E-state index contributed by atoms with van der Waals surface area (Å²) in [6.45, 7) is 0.405. The van der Waals surface area contributed by atoms with E-state index >= 15 is 0 Å². The third-order valence-corrected chi connectivity index (χ3v) is 4.62. The van der Waals surface area contributed by atoms with Gasteiger partial charge in [0.2, 0.25) is 5.91 Å². The molecule has 134 valence electrons. The van der Waals surface area contributed by atoms with Crippen LogP contribution < -0.4 is 15.0 Å². The molecule has 4 rings (SSSR count). The number of hydrogen-bond donors (Lipinski definition) is 1. The Morgan fingerprint density at radius 3 is 2.92 bits per heavy atom. The minimum atomic E-state index is -0.268. The van der Waals surface area contributed by atoms with Gasteiger partial charge >= 0.3 is 0 Å². The van der Waals surface area contributed by atoms with Gasteiger partial charge in [-0.05, 0) is 12.1 Å². The van der Waals surface area contributed by atoms with E-state index < -0.39 is 0 Å². The van der Waals surface area contributed by atoms with Crippen molar-refractivity contribution in [2.75, 3.05) is 18.6 Å². The standard InChI is InChI=1S/C18H19N5O3/c1-21-7-8-23-18(21)13(10-19-23)17(25)20-12-9-16(24)22(11-12)14-5-3-4-6-15(14)26-2/h3-8,10,12H,9,11H2,1-2H3,(H,20,25)/t12-/m0/s1. The van der Waals surface area contributed by atoms with Crippen LogP contribution in [0.2, 0.25) is 0 Å². The summed E-state index contributed by atoms with van der Waals surface area (Å²) in [6, 6.07) is 7.10. The first kappa shape index (κ1) is 16.2. The lowest BCUT2D eigenvalue weighted by atomic mass is 10.2. The second kappa shape index (κ2) is 6.21. The lowest BCUT2D eigenvalue weighted by molar-refractivity contribution is -0.117. The fraction of sp³-hybridized carbons (Fsp3) is 0.278. The molecule has 26 heavy (non-hydrogen) atoms. The normalized spacial score (nSPS) is 17.1. The molecule has 0 radical (unpaired) electrons. The van der Waals surface area contributed by atoms with Gasteiger partial charge in [-0.3, -0.25) is 9.59 Å². The van der Waals surface area contributed by atoms with Crippen LogP contribution in [-0.4, -0.2) is 45.7 Å². The monoisotopic (exact) mass is 353 g/mol. The van der Waals surface area contributed by atoms with Crippen molar-refractivity contribution in [2.45, 2.75) is 12.5 Å². The molecule has 1 saturated heterocycles. The molecule has 0 bridgehead atoms. The van der Waals surface area contributed by atoms with Gasteiger partial charge in [-0.25, -0.2) is 4.52 Å². The lowest BCUT2D eigenvalue weighted by Crippen LogP contribution is -2.37. The van der Waals surface area contributed by atoms with E-state index in [9.17, 15) is 9.59 Å². The topological polar surface area (TPSA) is 80.9 Å². The number of nitrogens with zero attached hydrogens (tertiary/aromatic N) is 4. The number of rotatable bonds is 4. The lowest BCUT2D eigenvalue weighted by Gasteiger charge is -2.19. The van der Waals surface area contributed by atoms with Gasteiger partial charge in [0.25, 0.3) is 5.91 Å². The largest absolute Gasteiger partial charge is 0.495 e. The van der Waals surface area contributed by atoms with E-state index in [1.807, 2.05) is 42.1 Å². The van der Waals surface area contributed by atoms with Crippen LogP contribution in [0.5, 0.6) is 5.75 Å². The number of carbonyl (C=O) groups excluding carboxylic acids is 2. The number of imidazole rings is 1. The summed E-state index contributed by atoms with van der Waals surface area (Å²) in [6.07, 6.45) is 5.41. The Balaban J connectivity index is 1.52. The minimum Gasteiger partial charge on any atom is -0.495 e. The number of benzene rings is 1. The molecule has 1 aliphatic rings. The van der Waals surface area contributed by atoms with E-state index in [1.54, 1.807) is 28.9 Å². The van der Waals surface area contributed by atoms with Crippen LogP contribution in [0.3, 0.4) is 0 Å². The molecule has 1 atom stereocenters. The van der Waals surface area contributed by atoms with Crippen LogP contribution in [0, 0.1) is 0 Å². The Labute approximate surface area is 150 Å². The molecule has 1 aromatic carbocycles. The quantitative estimate of drug-likeness (QED) is 0.765. The van der Waals surface area contributed by atoms with Crippen LogP contribution in [0.25, 0.3) is 5.65 Å². The fourth-order valence-corrected chi connectivity index (χ4v) is 3.36. The molecule has 2 aromatic heterocycles. The van der Waals surface area contributed by atoms with Gasteiger partial charge in [-0.15, -0.1) is 0 Å². The van der Waals surface area contributed by atoms with E-state index in [2.05, 4.69) is 10.4 Å². The number of carbonyl (C=O) groups is 2. The zero-order valence-electron chi connectivity index (χ0n) is 14.5. The fourth-order valence-electron chi connectivity index (χ4n) is 3.36. The van der Waals surface area contributed by atoms with Gasteiger partial charge in [-0.1, -0.05) is 12.1 Å². The molecule has 1 fully saturated rings. The first-order chi connectivity index (χ1) is 12.6. The molecule has 3 heterocycles. The zero-order valence-corrected chi connectivity index (χ0v) is 14.5. The van der Waals surface area contributed by atoms with E-state index in [0.717, 1.165) is 0 Å². The van der Waals surface area contributed by atoms with Crippen molar-refractivity contribution < 1.29 is 14.3 Å². The number of hydrogen-bond acceptors (Lipinski definition) is 4. The number of aryl methyl sites for hydroxylation is 1. The van der Waals surface area contributed by atoms with Crippen molar-refractivity contribution in [1.29, 1.82) is 0 Å².